The third-order valence-electron chi connectivity index (χ3n) is 4.37. The Morgan fingerprint density at radius 1 is 0.929 bits per heavy atom. The van der Waals surface area contributed by atoms with Crippen LogP contribution in [0.4, 0.5) is 0 Å². The van der Waals surface area contributed by atoms with E-state index in [-0.39, 0.29) is 5.91 Å². The molecule has 0 saturated heterocycles. The molecule has 0 aliphatic carbocycles. The topological polar surface area (TPSA) is 29.5 Å². The molecule has 0 spiro atoms. The molecule has 3 aromatic rings. The summed E-state index contributed by atoms with van der Waals surface area (Å²) >= 11 is 0. The summed E-state index contributed by atoms with van der Waals surface area (Å²) in [6.45, 7) is 2.04. The van der Waals surface area contributed by atoms with Gasteiger partial charge in [-0.25, -0.2) is 0 Å². The van der Waals surface area contributed by atoms with Crippen LogP contribution in [0.5, 0.6) is 5.75 Å². The predicted octanol–water partition coefficient (Wildman–Crippen LogP) is 5.40. The van der Waals surface area contributed by atoms with Crippen LogP contribution in [-0.2, 0) is 11.3 Å². The molecule has 0 atom stereocenters. The molecule has 1 amide bonds. The molecule has 3 rings (SSSR count). The van der Waals surface area contributed by atoms with Crippen molar-refractivity contribution >= 4 is 17.7 Å². The molecular formula is C25H23NO2. The van der Waals surface area contributed by atoms with Crippen LogP contribution in [0.3, 0.4) is 0 Å². The number of hydrogen-bond acceptors (Lipinski definition) is 2. The van der Waals surface area contributed by atoms with Crippen molar-refractivity contribution in [3.05, 3.63) is 107 Å². The minimum Gasteiger partial charge on any atom is -0.497 e. The van der Waals surface area contributed by atoms with Crippen LogP contribution in [0, 0.1) is 0 Å². The van der Waals surface area contributed by atoms with Gasteiger partial charge in [0.25, 0.3) is 0 Å². The predicted molar refractivity (Wildman–Crippen MR) is 113 cm³/mol. The van der Waals surface area contributed by atoms with Crippen LogP contribution in [0.25, 0.3) is 11.8 Å². The highest BCUT2D eigenvalue weighted by molar-refractivity contribution is 5.85. The summed E-state index contributed by atoms with van der Waals surface area (Å²) in [5.41, 5.74) is 7.09. The number of hydrogen-bond donors (Lipinski definition) is 0. The Labute approximate surface area is 166 Å². The monoisotopic (exact) mass is 369 g/mol. The number of amides is 1. The zero-order valence-electron chi connectivity index (χ0n) is 16.1. The fourth-order valence-corrected chi connectivity index (χ4v) is 2.88. The molecule has 0 bridgehead atoms. The van der Waals surface area contributed by atoms with Crippen LogP contribution in [0.1, 0.15) is 23.6 Å². The number of nitrogens with zero attached hydrogens (tertiary/aromatic N) is 1. The van der Waals surface area contributed by atoms with Gasteiger partial charge in [0.2, 0.25) is 5.91 Å². The van der Waals surface area contributed by atoms with E-state index in [0.29, 0.717) is 6.54 Å². The lowest BCUT2D eigenvalue weighted by Gasteiger charge is -2.23. The zero-order chi connectivity index (χ0) is 19.8. The van der Waals surface area contributed by atoms with E-state index in [4.69, 9.17) is 4.74 Å². The van der Waals surface area contributed by atoms with Crippen molar-refractivity contribution in [2.45, 2.75) is 13.5 Å². The highest BCUT2D eigenvalue weighted by atomic mass is 16.5. The number of carbonyl (C=O) groups excluding carboxylic acids is 1. The quantitative estimate of drug-likeness (QED) is 0.545. The SMILES string of the molecule is COc1ccc(CN(C(C)=O)C(=C=Cc2ccccc2)c2ccccc2)cc1. The fraction of sp³-hybridized carbons (Fsp3) is 0.120. The smallest absolute Gasteiger partial charge is 0.224 e. The molecule has 28 heavy (non-hydrogen) atoms. The van der Waals surface area contributed by atoms with Gasteiger partial charge in [-0.1, -0.05) is 78.5 Å². The van der Waals surface area contributed by atoms with Gasteiger partial charge in [0.05, 0.1) is 19.4 Å². The summed E-state index contributed by atoms with van der Waals surface area (Å²) in [6.07, 6.45) is 1.91. The number of rotatable bonds is 6. The van der Waals surface area contributed by atoms with Crippen molar-refractivity contribution in [3.63, 3.8) is 0 Å². The van der Waals surface area contributed by atoms with Gasteiger partial charge in [-0.2, -0.15) is 0 Å². The summed E-state index contributed by atoms with van der Waals surface area (Å²) in [5.74, 6) is 0.754. The van der Waals surface area contributed by atoms with Gasteiger partial charge in [-0.15, -0.1) is 0 Å². The largest absolute Gasteiger partial charge is 0.497 e. The summed E-state index contributed by atoms with van der Waals surface area (Å²) < 4.78 is 5.22. The van der Waals surface area contributed by atoms with Gasteiger partial charge >= 0.3 is 0 Å². The number of carbonyl (C=O) groups is 1. The molecule has 0 saturated carbocycles. The van der Waals surface area contributed by atoms with Crippen LogP contribution in [0.2, 0.25) is 0 Å². The average molecular weight is 369 g/mol. The maximum absolute atomic E-state index is 12.5. The first kappa shape index (κ1) is 19.2. The molecule has 3 nitrogen and oxygen atoms in total. The maximum atomic E-state index is 12.5. The van der Waals surface area contributed by atoms with Gasteiger partial charge in [-0.05, 0) is 29.3 Å². The fourth-order valence-electron chi connectivity index (χ4n) is 2.88. The zero-order valence-corrected chi connectivity index (χ0v) is 16.1. The van der Waals surface area contributed by atoms with E-state index in [1.165, 1.54) is 0 Å². The second-order valence-electron chi connectivity index (χ2n) is 6.37. The molecule has 0 aromatic heterocycles. The second kappa shape index (κ2) is 9.40. The summed E-state index contributed by atoms with van der Waals surface area (Å²) in [4.78, 5) is 14.3. The molecule has 0 heterocycles. The third-order valence-corrected chi connectivity index (χ3v) is 4.37. The number of methoxy groups -OCH3 is 1. The van der Waals surface area contributed by atoms with Crippen LogP contribution < -0.4 is 4.74 Å². The lowest BCUT2D eigenvalue weighted by Crippen LogP contribution is -2.26. The van der Waals surface area contributed by atoms with Gasteiger partial charge in [0, 0.05) is 12.5 Å². The normalized spacial score (nSPS) is 9.93. The second-order valence-corrected chi connectivity index (χ2v) is 6.37. The Morgan fingerprint density at radius 3 is 2.11 bits per heavy atom. The maximum Gasteiger partial charge on any atom is 0.224 e. The highest BCUT2D eigenvalue weighted by Gasteiger charge is 2.16. The van der Waals surface area contributed by atoms with Gasteiger partial charge < -0.3 is 9.64 Å². The first-order chi connectivity index (χ1) is 13.7. The molecular weight excluding hydrogens is 346 g/mol. The number of benzene rings is 3. The standard InChI is InChI=1S/C25H23NO2/c1-20(27)26(19-22-13-16-24(28-2)17-14-22)25(23-11-7-4-8-12-23)18-15-21-9-5-3-6-10-21/h3-17H,19H2,1-2H3. The highest BCUT2D eigenvalue weighted by Crippen LogP contribution is 2.22. The molecule has 0 N–H and O–H groups in total. The molecule has 0 fully saturated rings. The Hall–Kier alpha value is -3.55. The van der Waals surface area contributed by atoms with Crippen molar-refractivity contribution in [2.75, 3.05) is 7.11 Å². The Balaban J connectivity index is 2.02. The van der Waals surface area contributed by atoms with Crippen molar-refractivity contribution in [1.29, 1.82) is 0 Å². The van der Waals surface area contributed by atoms with E-state index in [1.54, 1.807) is 18.9 Å². The Bertz CT molecular complexity index is 970. The van der Waals surface area contributed by atoms with E-state index in [0.717, 1.165) is 28.1 Å². The average Bonchev–Trinajstić information content (AvgIpc) is 2.75. The Kier molecular flexibility index (Phi) is 6.46. The van der Waals surface area contributed by atoms with Crippen molar-refractivity contribution < 1.29 is 9.53 Å². The van der Waals surface area contributed by atoms with Gasteiger partial charge in [-0.3, -0.25) is 4.79 Å². The minimum absolute atomic E-state index is 0.0383. The molecule has 0 unspecified atom stereocenters. The summed E-state index contributed by atoms with van der Waals surface area (Å²) in [6, 6.07) is 27.6. The summed E-state index contributed by atoms with van der Waals surface area (Å²) in [5, 5.41) is 0. The van der Waals surface area contributed by atoms with Gasteiger partial charge in [0.1, 0.15) is 5.75 Å². The molecule has 0 aliphatic heterocycles. The third kappa shape index (κ3) is 5.00. The molecule has 140 valence electrons. The van der Waals surface area contributed by atoms with Crippen molar-refractivity contribution in [3.8, 4) is 5.75 Å². The summed E-state index contributed by atoms with van der Waals surface area (Å²) in [7, 11) is 1.64. The van der Waals surface area contributed by atoms with E-state index < -0.39 is 0 Å². The van der Waals surface area contributed by atoms with E-state index in [1.807, 2.05) is 91.0 Å². The van der Waals surface area contributed by atoms with E-state index in [9.17, 15) is 4.79 Å². The lowest BCUT2D eigenvalue weighted by molar-refractivity contribution is -0.126. The van der Waals surface area contributed by atoms with Crippen molar-refractivity contribution in [1.82, 2.24) is 4.90 Å². The first-order valence-electron chi connectivity index (χ1n) is 9.15. The van der Waals surface area contributed by atoms with Crippen LogP contribution in [-0.4, -0.2) is 17.9 Å². The Morgan fingerprint density at radius 2 is 1.54 bits per heavy atom. The van der Waals surface area contributed by atoms with Gasteiger partial charge in [0.15, 0.2) is 0 Å². The van der Waals surface area contributed by atoms with E-state index >= 15 is 0 Å². The van der Waals surface area contributed by atoms with E-state index in [2.05, 4.69) is 5.73 Å². The van der Waals surface area contributed by atoms with Crippen molar-refractivity contribution in [2.24, 2.45) is 0 Å². The molecule has 0 aliphatic rings. The molecule has 0 radical (unpaired) electrons. The number of ether oxygens (including phenoxy) is 1. The van der Waals surface area contributed by atoms with Crippen LogP contribution >= 0.6 is 0 Å². The minimum atomic E-state index is -0.0383. The first-order valence-corrected chi connectivity index (χ1v) is 9.15. The van der Waals surface area contributed by atoms with Crippen LogP contribution in [0.15, 0.2) is 90.7 Å². The molecule has 3 heteroatoms. The lowest BCUT2D eigenvalue weighted by atomic mass is 10.1. The molecule has 3 aromatic carbocycles.